The fourth-order valence-corrected chi connectivity index (χ4v) is 3.31. The number of fused-ring (bicyclic) bond motifs is 1. The Morgan fingerprint density at radius 3 is 2.50 bits per heavy atom. The molecule has 0 saturated carbocycles. The molecule has 0 saturated heterocycles. The molecule has 4 rings (SSSR count). The minimum atomic E-state index is -1.68. The van der Waals surface area contributed by atoms with E-state index in [4.69, 9.17) is 10.5 Å². The molecule has 11 heteroatoms. The minimum Gasteiger partial charge on any atom is -0.387 e. The van der Waals surface area contributed by atoms with E-state index in [1.165, 1.54) is 30.9 Å². The number of halogens is 1. The number of hydrogen-bond acceptors (Lipinski definition) is 8. The average molecular weight is 484 g/mol. The molecule has 1 atom stereocenters. The lowest BCUT2D eigenvalue weighted by molar-refractivity contribution is -0.00177. The second-order valence-corrected chi connectivity index (χ2v) is 8.54. The lowest BCUT2D eigenvalue weighted by Gasteiger charge is -2.22. The van der Waals surface area contributed by atoms with Gasteiger partial charge in [-0.15, -0.1) is 0 Å². The SMILES string of the molecule is CC(C)(O)C(F)CNC(=O)c1cnc(-n2ncc3cc(C#N)cnc32)cc1Nc1ccc(C#N)cc1. The fraction of sp³-hybridized carbons (Fsp3) is 0.200. The molecule has 0 aliphatic heterocycles. The molecular formula is C25H21FN8O2. The topological polar surface area (TPSA) is 153 Å². The van der Waals surface area contributed by atoms with Gasteiger partial charge in [0.25, 0.3) is 5.91 Å². The Balaban J connectivity index is 1.71. The lowest BCUT2D eigenvalue weighted by atomic mass is 10.0. The summed E-state index contributed by atoms with van der Waals surface area (Å²) in [7, 11) is 0. The first kappa shape index (κ1) is 24.3. The van der Waals surface area contributed by atoms with Gasteiger partial charge in [0.1, 0.15) is 12.2 Å². The standard InChI is InChI=1S/C25H21FN8O2/c1-25(2,36)21(26)14-31-24(35)19-13-29-22(8-20(19)33-18-5-3-15(9-27)4-6-18)34-23-17(12-32-34)7-16(10-28)11-30-23/h3-8,11-13,21,36H,14H2,1-2H3,(H,29,33)(H,31,35). The van der Waals surface area contributed by atoms with Gasteiger partial charge in [0.2, 0.25) is 0 Å². The molecule has 1 aromatic carbocycles. The van der Waals surface area contributed by atoms with Crippen molar-refractivity contribution in [3.05, 3.63) is 71.7 Å². The van der Waals surface area contributed by atoms with Crippen molar-refractivity contribution in [2.24, 2.45) is 0 Å². The molecule has 180 valence electrons. The van der Waals surface area contributed by atoms with E-state index in [9.17, 15) is 14.3 Å². The molecule has 0 aliphatic rings. The van der Waals surface area contributed by atoms with Gasteiger partial charge in [-0.1, -0.05) is 0 Å². The molecule has 0 spiro atoms. The van der Waals surface area contributed by atoms with Crippen molar-refractivity contribution in [2.45, 2.75) is 25.6 Å². The van der Waals surface area contributed by atoms with E-state index >= 15 is 0 Å². The first-order valence-corrected chi connectivity index (χ1v) is 10.9. The Labute approximate surface area is 205 Å². The molecular weight excluding hydrogens is 463 g/mol. The Hall–Kier alpha value is -4.87. The highest BCUT2D eigenvalue weighted by Gasteiger charge is 2.27. The van der Waals surface area contributed by atoms with Gasteiger partial charge in [-0.2, -0.15) is 20.3 Å². The summed E-state index contributed by atoms with van der Waals surface area (Å²) in [5, 5.41) is 38.5. The predicted octanol–water partition coefficient (Wildman–Crippen LogP) is 3.14. The maximum Gasteiger partial charge on any atom is 0.255 e. The quantitative estimate of drug-likeness (QED) is 0.362. The number of hydrogen-bond donors (Lipinski definition) is 3. The largest absolute Gasteiger partial charge is 0.387 e. The van der Waals surface area contributed by atoms with Crippen molar-refractivity contribution in [3.8, 4) is 18.0 Å². The van der Waals surface area contributed by atoms with Crippen LogP contribution in [-0.2, 0) is 0 Å². The van der Waals surface area contributed by atoms with E-state index in [0.717, 1.165) is 0 Å². The van der Waals surface area contributed by atoms with Crippen LogP contribution < -0.4 is 10.6 Å². The third-order valence-electron chi connectivity index (χ3n) is 5.39. The smallest absolute Gasteiger partial charge is 0.255 e. The van der Waals surface area contributed by atoms with Crippen LogP contribution in [0.5, 0.6) is 0 Å². The van der Waals surface area contributed by atoms with Gasteiger partial charge in [0.05, 0.1) is 46.8 Å². The number of nitriles is 2. The highest BCUT2D eigenvalue weighted by Crippen LogP contribution is 2.25. The molecule has 0 fully saturated rings. The van der Waals surface area contributed by atoms with E-state index < -0.39 is 24.2 Å². The number of alkyl halides is 1. The highest BCUT2D eigenvalue weighted by atomic mass is 19.1. The zero-order valence-electron chi connectivity index (χ0n) is 19.4. The Kier molecular flexibility index (Phi) is 6.59. The van der Waals surface area contributed by atoms with Crippen LogP contribution in [0.4, 0.5) is 15.8 Å². The average Bonchev–Trinajstić information content (AvgIpc) is 3.30. The van der Waals surface area contributed by atoms with Crippen molar-refractivity contribution in [1.82, 2.24) is 25.1 Å². The molecule has 3 heterocycles. The van der Waals surface area contributed by atoms with Crippen LogP contribution in [0, 0.1) is 22.7 Å². The molecule has 4 aromatic rings. The zero-order chi connectivity index (χ0) is 25.9. The second-order valence-electron chi connectivity index (χ2n) is 8.54. The molecule has 10 nitrogen and oxygen atoms in total. The fourth-order valence-electron chi connectivity index (χ4n) is 3.31. The number of amides is 1. The number of benzene rings is 1. The van der Waals surface area contributed by atoms with E-state index in [1.807, 2.05) is 12.1 Å². The van der Waals surface area contributed by atoms with Gasteiger partial charge < -0.3 is 15.7 Å². The third-order valence-corrected chi connectivity index (χ3v) is 5.39. The predicted molar refractivity (Wildman–Crippen MR) is 129 cm³/mol. The maximum atomic E-state index is 14.2. The van der Waals surface area contributed by atoms with E-state index in [2.05, 4.69) is 25.7 Å². The summed E-state index contributed by atoms with van der Waals surface area (Å²) in [5.41, 5.74) is 0.789. The molecule has 0 bridgehead atoms. The number of aliphatic hydroxyl groups is 1. The number of carbonyl (C=O) groups excluding carboxylic acids is 1. The van der Waals surface area contributed by atoms with Crippen molar-refractivity contribution in [3.63, 3.8) is 0 Å². The van der Waals surface area contributed by atoms with Crippen molar-refractivity contribution in [1.29, 1.82) is 10.5 Å². The van der Waals surface area contributed by atoms with Crippen molar-refractivity contribution >= 4 is 28.3 Å². The maximum absolute atomic E-state index is 14.2. The monoisotopic (exact) mass is 484 g/mol. The number of nitrogens with zero attached hydrogens (tertiary/aromatic N) is 6. The molecule has 1 amide bonds. The summed E-state index contributed by atoms with van der Waals surface area (Å²) < 4.78 is 15.7. The van der Waals surface area contributed by atoms with E-state index in [1.54, 1.807) is 42.6 Å². The number of aromatic nitrogens is 4. The first-order chi connectivity index (χ1) is 17.2. The normalized spacial score (nSPS) is 11.9. The van der Waals surface area contributed by atoms with Gasteiger partial charge in [-0.3, -0.25) is 4.79 Å². The molecule has 0 aliphatic carbocycles. The van der Waals surface area contributed by atoms with Crippen LogP contribution in [0.25, 0.3) is 16.9 Å². The molecule has 1 unspecified atom stereocenters. The molecule has 3 aromatic heterocycles. The van der Waals surface area contributed by atoms with E-state index in [-0.39, 0.29) is 5.56 Å². The second kappa shape index (κ2) is 9.78. The summed E-state index contributed by atoms with van der Waals surface area (Å²) in [4.78, 5) is 21.6. The Morgan fingerprint density at radius 1 is 1.11 bits per heavy atom. The molecule has 3 N–H and O–H groups in total. The lowest BCUT2D eigenvalue weighted by Crippen LogP contribution is -2.42. The number of carbonyl (C=O) groups is 1. The number of nitrogens with one attached hydrogen (secondary N) is 2. The van der Waals surface area contributed by atoms with Crippen molar-refractivity contribution in [2.75, 3.05) is 11.9 Å². The summed E-state index contributed by atoms with van der Waals surface area (Å²) in [6.45, 7) is 2.25. The number of rotatable bonds is 7. The van der Waals surface area contributed by atoms with Gasteiger partial charge in [-0.05, 0) is 44.2 Å². The molecule has 36 heavy (non-hydrogen) atoms. The van der Waals surface area contributed by atoms with Crippen LogP contribution in [0.15, 0.2) is 55.0 Å². The Bertz CT molecular complexity index is 1510. The summed E-state index contributed by atoms with van der Waals surface area (Å²) >= 11 is 0. The summed E-state index contributed by atoms with van der Waals surface area (Å²) in [6.07, 6.45) is 2.62. The van der Waals surface area contributed by atoms with Crippen molar-refractivity contribution < 1.29 is 14.3 Å². The van der Waals surface area contributed by atoms with Crippen LogP contribution >= 0.6 is 0 Å². The van der Waals surface area contributed by atoms with Gasteiger partial charge in [0, 0.05) is 29.5 Å². The molecule has 0 radical (unpaired) electrons. The van der Waals surface area contributed by atoms with Crippen LogP contribution in [0.2, 0.25) is 0 Å². The van der Waals surface area contributed by atoms with Gasteiger partial charge >= 0.3 is 0 Å². The highest BCUT2D eigenvalue weighted by molar-refractivity contribution is 6.00. The summed E-state index contributed by atoms with van der Waals surface area (Å²) in [5.74, 6) is -0.256. The van der Waals surface area contributed by atoms with Crippen LogP contribution in [0.1, 0.15) is 35.3 Å². The van der Waals surface area contributed by atoms with Gasteiger partial charge in [-0.25, -0.2) is 14.4 Å². The van der Waals surface area contributed by atoms with Crippen LogP contribution in [0.3, 0.4) is 0 Å². The minimum absolute atomic E-state index is 0.127. The number of pyridine rings is 2. The Morgan fingerprint density at radius 2 is 1.83 bits per heavy atom. The summed E-state index contributed by atoms with van der Waals surface area (Å²) in [6, 6.07) is 13.9. The number of anilines is 2. The first-order valence-electron chi connectivity index (χ1n) is 10.9. The zero-order valence-corrected chi connectivity index (χ0v) is 19.4. The van der Waals surface area contributed by atoms with E-state index in [0.29, 0.717) is 39.4 Å². The van der Waals surface area contributed by atoms with Crippen LogP contribution in [-0.4, -0.2) is 49.1 Å². The third kappa shape index (κ3) is 5.12. The van der Waals surface area contributed by atoms with Gasteiger partial charge in [0.15, 0.2) is 11.5 Å².